The van der Waals surface area contributed by atoms with Gasteiger partial charge in [-0.05, 0) is 29.8 Å². The average Bonchev–Trinajstić information content (AvgIpc) is 2.77. The highest BCUT2D eigenvalue weighted by Crippen LogP contribution is 2.26. The van der Waals surface area contributed by atoms with Crippen molar-refractivity contribution >= 4 is 27.5 Å². The van der Waals surface area contributed by atoms with E-state index in [2.05, 4.69) is 9.71 Å². The monoisotopic (exact) mass is 336 g/mol. The maximum Gasteiger partial charge on any atom is 0.263 e. The van der Waals surface area contributed by atoms with E-state index in [0.29, 0.717) is 10.6 Å². The van der Waals surface area contributed by atoms with Crippen LogP contribution in [-0.4, -0.2) is 26.0 Å². The van der Waals surface area contributed by atoms with Crippen LogP contribution in [0.4, 0.5) is 0 Å². The van der Waals surface area contributed by atoms with E-state index >= 15 is 0 Å². The van der Waals surface area contributed by atoms with Gasteiger partial charge < -0.3 is 5.11 Å². The molecular weight excluding hydrogens is 324 g/mol. The van der Waals surface area contributed by atoms with Crippen LogP contribution in [0.25, 0.3) is 0 Å². The van der Waals surface area contributed by atoms with Crippen LogP contribution in [-0.2, 0) is 10.0 Å². The standard InChI is InChI=1S/C15H13ClN2O3S/c16-11-7-5-10(6-8-11)13(9-19)17-15-12-3-1-2-4-14(12)22(20,21)18-15/h1-8,13,19H,9H2,(H,17,18). The zero-order valence-corrected chi connectivity index (χ0v) is 13.0. The van der Waals surface area contributed by atoms with Gasteiger partial charge in [-0.3, -0.25) is 9.71 Å². The molecule has 0 saturated heterocycles. The highest BCUT2D eigenvalue weighted by Gasteiger charge is 2.30. The van der Waals surface area contributed by atoms with E-state index in [-0.39, 0.29) is 17.3 Å². The van der Waals surface area contributed by atoms with E-state index < -0.39 is 16.1 Å². The Morgan fingerprint density at radius 1 is 1.14 bits per heavy atom. The molecule has 2 aromatic rings. The van der Waals surface area contributed by atoms with Gasteiger partial charge in [-0.2, -0.15) is 0 Å². The Balaban J connectivity index is 2.03. The van der Waals surface area contributed by atoms with Crippen molar-refractivity contribution in [2.24, 2.45) is 4.99 Å². The Kier molecular flexibility index (Phi) is 3.90. The molecule has 0 spiro atoms. The van der Waals surface area contributed by atoms with E-state index in [9.17, 15) is 13.5 Å². The number of aliphatic imine (C=N–C) groups is 1. The minimum atomic E-state index is -3.58. The predicted octanol–water partition coefficient (Wildman–Crippen LogP) is 2.11. The van der Waals surface area contributed by atoms with E-state index in [1.165, 1.54) is 6.07 Å². The number of hydrogen-bond donors (Lipinski definition) is 2. The van der Waals surface area contributed by atoms with Crippen LogP contribution in [0.3, 0.4) is 0 Å². The molecule has 7 heteroatoms. The lowest BCUT2D eigenvalue weighted by atomic mass is 10.1. The molecule has 114 valence electrons. The van der Waals surface area contributed by atoms with Crippen LogP contribution < -0.4 is 4.72 Å². The molecule has 0 bridgehead atoms. The molecule has 0 saturated carbocycles. The maximum atomic E-state index is 12.0. The number of fused-ring (bicyclic) bond motifs is 1. The third-order valence-corrected chi connectivity index (χ3v) is 5.02. The van der Waals surface area contributed by atoms with Crippen molar-refractivity contribution in [3.63, 3.8) is 0 Å². The lowest BCUT2D eigenvalue weighted by molar-refractivity contribution is 0.269. The van der Waals surface area contributed by atoms with Gasteiger partial charge >= 0.3 is 0 Å². The molecule has 0 fully saturated rings. The molecule has 2 aromatic carbocycles. The summed E-state index contributed by atoms with van der Waals surface area (Å²) in [6.45, 7) is -0.241. The van der Waals surface area contributed by atoms with Crippen molar-refractivity contribution in [3.8, 4) is 0 Å². The van der Waals surface area contributed by atoms with E-state index in [1.54, 1.807) is 42.5 Å². The van der Waals surface area contributed by atoms with Gasteiger partial charge in [0.2, 0.25) is 0 Å². The Bertz CT molecular complexity index is 832. The zero-order valence-electron chi connectivity index (χ0n) is 11.4. The second-order valence-corrected chi connectivity index (χ2v) is 6.92. The van der Waals surface area contributed by atoms with Crippen molar-refractivity contribution in [2.45, 2.75) is 10.9 Å². The Labute approximate surface area is 133 Å². The van der Waals surface area contributed by atoms with Crippen LogP contribution in [0.2, 0.25) is 5.02 Å². The third kappa shape index (κ3) is 2.72. The minimum absolute atomic E-state index is 0.196. The number of halogens is 1. The third-order valence-electron chi connectivity index (χ3n) is 3.38. The number of sulfonamides is 1. The van der Waals surface area contributed by atoms with E-state index in [4.69, 9.17) is 11.6 Å². The first-order valence-electron chi connectivity index (χ1n) is 6.57. The number of benzene rings is 2. The lowest BCUT2D eigenvalue weighted by Crippen LogP contribution is -2.23. The van der Waals surface area contributed by atoms with Crippen molar-refractivity contribution in [2.75, 3.05) is 6.61 Å². The maximum absolute atomic E-state index is 12.0. The molecule has 3 rings (SSSR count). The fraction of sp³-hybridized carbons (Fsp3) is 0.133. The molecule has 1 heterocycles. The fourth-order valence-electron chi connectivity index (χ4n) is 2.29. The largest absolute Gasteiger partial charge is 0.394 e. The van der Waals surface area contributed by atoms with Crippen molar-refractivity contribution in [1.82, 2.24) is 4.72 Å². The van der Waals surface area contributed by atoms with Crippen LogP contribution in [0.15, 0.2) is 58.4 Å². The van der Waals surface area contributed by atoms with Crippen LogP contribution in [0, 0.1) is 0 Å². The highest BCUT2D eigenvalue weighted by atomic mass is 35.5. The first-order valence-corrected chi connectivity index (χ1v) is 8.44. The number of aliphatic hydroxyl groups is 1. The van der Waals surface area contributed by atoms with Gasteiger partial charge in [0.05, 0.1) is 11.5 Å². The van der Waals surface area contributed by atoms with Gasteiger partial charge in [0.25, 0.3) is 10.0 Å². The van der Waals surface area contributed by atoms with E-state index in [0.717, 1.165) is 5.56 Å². The number of nitrogens with zero attached hydrogens (tertiary/aromatic N) is 1. The quantitative estimate of drug-likeness (QED) is 0.901. The molecule has 1 unspecified atom stereocenters. The second-order valence-electron chi connectivity index (χ2n) is 4.83. The van der Waals surface area contributed by atoms with Gasteiger partial charge in [0.15, 0.2) is 0 Å². The first-order chi connectivity index (χ1) is 10.5. The fourth-order valence-corrected chi connectivity index (χ4v) is 3.66. The SMILES string of the molecule is O=S1(=O)NC(=NC(CO)c2ccc(Cl)cc2)c2ccccc21. The van der Waals surface area contributed by atoms with Gasteiger partial charge in [0.1, 0.15) is 11.9 Å². The van der Waals surface area contributed by atoms with Gasteiger partial charge in [-0.1, -0.05) is 35.9 Å². The Morgan fingerprint density at radius 2 is 1.82 bits per heavy atom. The van der Waals surface area contributed by atoms with Gasteiger partial charge in [0, 0.05) is 10.6 Å². The molecular formula is C15H13ClN2O3S. The summed E-state index contributed by atoms with van der Waals surface area (Å²) < 4.78 is 26.5. The minimum Gasteiger partial charge on any atom is -0.394 e. The summed E-state index contributed by atoms with van der Waals surface area (Å²) in [5.41, 5.74) is 1.26. The summed E-state index contributed by atoms with van der Waals surface area (Å²) in [6.07, 6.45) is 0. The van der Waals surface area contributed by atoms with Crippen LogP contribution >= 0.6 is 11.6 Å². The predicted molar refractivity (Wildman–Crippen MR) is 84.6 cm³/mol. The van der Waals surface area contributed by atoms with Crippen LogP contribution in [0.5, 0.6) is 0 Å². The normalized spacial score (nSPS) is 18.7. The van der Waals surface area contributed by atoms with Gasteiger partial charge in [-0.15, -0.1) is 0 Å². The molecule has 22 heavy (non-hydrogen) atoms. The second kappa shape index (κ2) is 5.72. The zero-order chi connectivity index (χ0) is 15.7. The van der Waals surface area contributed by atoms with Crippen LogP contribution in [0.1, 0.15) is 17.2 Å². The molecule has 1 aliphatic rings. The summed E-state index contributed by atoms with van der Waals surface area (Å²) in [5, 5.41) is 10.2. The lowest BCUT2D eigenvalue weighted by Gasteiger charge is -2.11. The van der Waals surface area contributed by atoms with E-state index in [1.807, 2.05) is 0 Å². The smallest absolute Gasteiger partial charge is 0.263 e. The summed E-state index contributed by atoms with van der Waals surface area (Å²) in [5.74, 6) is 0.240. The van der Waals surface area contributed by atoms with Gasteiger partial charge in [-0.25, -0.2) is 8.42 Å². The molecule has 0 aromatic heterocycles. The molecule has 1 aliphatic heterocycles. The number of nitrogens with one attached hydrogen (secondary N) is 1. The number of rotatable bonds is 3. The van der Waals surface area contributed by atoms with Crippen molar-refractivity contribution in [3.05, 3.63) is 64.7 Å². The number of amidine groups is 1. The molecule has 5 nitrogen and oxygen atoms in total. The van der Waals surface area contributed by atoms with Crippen molar-refractivity contribution < 1.29 is 13.5 Å². The molecule has 0 amide bonds. The number of hydrogen-bond acceptors (Lipinski definition) is 4. The summed E-state index contributed by atoms with van der Waals surface area (Å²) in [6, 6.07) is 12.9. The summed E-state index contributed by atoms with van der Waals surface area (Å²) >= 11 is 5.84. The Hall–Kier alpha value is -1.89. The molecule has 0 radical (unpaired) electrons. The molecule has 2 N–H and O–H groups in total. The number of aliphatic hydroxyl groups excluding tert-OH is 1. The first kappa shape index (κ1) is 15.0. The highest BCUT2D eigenvalue weighted by molar-refractivity contribution is 7.90. The topological polar surface area (TPSA) is 78.8 Å². The molecule has 1 atom stereocenters. The Morgan fingerprint density at radius 3 is 2.50 bits per heavy atom. The molecule has 0 aliphatic carbocycles. The average molecular weight is 337 g/mol. The summed E-state index contributed by atoms with van der Waals surface area (Å²) in [7, 11) is -3.58. The van der Waals surface area contributed by atoms with Crippen molar-refractivity contribution in [1.29, 1.82) is 0 Å². The summed E-state index contributed by atoms with van der Waals surface area (Å²) in [4.78, 5) is 4.56.